The lowest BCUT2D eigenvalue weighted by molar-refractivity contribution is -0.120. The predicted molar refractivity (Wildman–Crippen MR) is 124 cm³/mol. The lowest BCUT2D eigenvalue weighted by Gasteiger charge is -2.26. The fraction of sp³-hybridized carbons (Fsp3) is 0.391. The third-order valence-electron chi connectivity index (χ3n) is 5.67. The number of fused-ring (bicyclic) bond motifs is 1. The van der Waals surface area contributed by atoms with E-state index < -0.39 is 10.0 Å². The number of carbonyl (C=O) groups is 1. The van der Waals surface area contributed by atoms with Gasteiger partial charge >= 0.3 is 0 Å². The van der Waals surface area contributed by atoms with Crippen LogP contribution < -0.4 is 10.1 Å². The number of morpholine rings is 1. The maximum absolute atomic E-state index is 13.2. The Hall–Kier alpha value is -2.95. The van der Waals surface area contributed by atoms with Crippen LogP contribution in [0.15, 0.2) is 47.4 Å². The van der Waals surface area contributed by atoms with Crippen LogP contribution in [0.4, 0.5) is 0 Å². The first-order chi connectivity index (χ1) is 15.9. The van der Waals surface area contributed by atoms with Gasteiger partial charge in [0.1, 0.15) is 16.5 Å². The van der Waals surface area contributed by atoms with E-state index in [-0.39, 0.29) is 42.6 Å². The SMILES string of the molecule is CCn1c(CNC(=O)Cc2ccc(OC)c(S(=O)(=O)N3CCOCC3)c2)nc2ccccc21. The lowest BCUT2D eigenvalue weighted by Crippen LogP contribution is -2.40. The Morgan fingerprint density at radius 1 is 1.18 bits per heavy atom. The highest BCUT2D eigenvalue weighted by Gasteiger charge is 2.29. The van der Waals surface area contributed by atoms with Crippen LogP contribution in [-0.4, -0.2) is 61.6 Å². The van der Waals surface area contributed by atoms with Gasteiger partial charge in [-0.05, 0) is 36.8 Å². The molecule has 1 saturated heterocycles. The molecular formula is C23H28N4O5S. The maximum Gasteiger partial charge on any atom is 0.246 e. The van der Waals surface area contributed by atoms with Gasteiger partial charge in [0.15, 0.2) is 0 Å². The molecule has 1 amide bonds. The molecule has 9 nitrogen and oxygen atoms in total. The average Bonchev–Trinajstić information content (AvgIpc) is 3.20. The molecule has 4 rings (SSSR count). The summed E-state index contributed by atoms with van der Waals surface area (Å²) in [5.74, 6) is 0.810. The first kappa shape index (κ1) is 23.2. The molecule has 2 aromatic carbocycles. The summed E-state index contributed by atoms with van der Waals surface area (Å²) in [6.45, 7) is 4.35. The van der Waals surface area contributed by atoms with Crippen LogP contribution in [0.3, 0.4) is 0 Å². The summed E-state index contributed by atoms with van der Waals surface area (Å²) in [6, 6.07) is 12.7. The van der Waals surface area contributed by atoms with E-state index in [1.165, 1.54) is 17.5 Å². The molecule has 0 saturated carbocycles. The highest BCUT2D eigenvalue weighted by atomic mass is 32.2. The Labute approximate surface area is 193 Å². The van der Waals surface area contributed by atoms with Gasteiger partial charge < -0.3 is 19.4 Å². The van der Waals surface area contributed by atoms with Crippen LogP contribution in [0.25, 0.3) is 11.0 Å². The minimum Gasteiger partial charge on any atom is -0.495 e. The number of hydrogen-bond donors (Lipinski definition) is 1. The van der Waals surface area contributed by atoms with Crippen LogP contribution in [0.1, 0.15) is 18.3 Å². The quantitative estimate of drug-likeness (QED) is 0.538. The van der Waals surface area contributed by atoms with Crippen molar-refractivity contribution in [2.24, 2.45) is 0 Å². The molecule has 0 unspecified atom stereocenters. The van der Waals surface area contributed by atoms with E-state index in [0.29, 0.717) is 18.8 Å². The highest BCUT2D eigenvalue weighted by Crippen LogP contribution is 2.28. The second-order valence-corrected chi connectivity index (χ2v) is 9.62. The summed E-state index contributed by atoms with van der Waals surface area (Å²) >= 11 is 0. The number of para-hydroxylation sites is 2. The Kier molecular flexibility index (Phi) is 6.96. The highest BCUT2D eigenvalue weighted by molar-refractivity contribution is 7.89. The number of amides is 1. The Bertz CT molecular complexity index is 1250. The van der Waals surface area contributed by atoms with Gasteiger partial charge in [-0.1, -0.05) is 18.2 Å². The normalized spacial score (nSPS) is 15.0. The minimum absolute atomic E-state index is 0.0436. The predicted octanol–water partition coefficient (Wildman–Crippen LogP) is 1.94. The van der Waals surface area contributed by atoms with E-state index >= 15 is 0 Å². The number of hydrogen-bond acceptors (Lipinski definition) is 6. The largest absolute Gasteiger partial charge is 0.495 e. The van der Waals surface area contributed by atoms with Crippen LogP contribution in [0.5, 0.6) is 5.75 Å². The second-order valence-electron chi connectivity index (χ2n) is 7.72. The van der Waals surface area contributed by atoms with Gasteiger partial charge in [-0.2, -0.15) is 4.31 Å². The molecule has 0 bridgehead atoms. The molecule has 1 aliphatic rings. The molecule has 1 aromatic heterocycles. The number of imidazole rings is 1. The molecular weight excluding hydrogens is 444 g/mol. The molecule has 0 spiro atoms. The van der Waals surface area contributed by atoms with Crippen molar-refractivity contribution in [2.75, 3.05) is 33.4 Å². The third-order valence-corrected chi connectivity index (χ3v) is 7.59. The van der Waals surface area contributed by atoms with Crippen molar-refractivity contribution in [3.8, 4) is 5.75 Å². The van der Waals surface area contributed by atoms with E-state index in [2.05, 4.69) is 14.9 Å². The van der Waals surface area contributed by atoms with E-state index in [1.54, 1.807) is 12.1 Å². The Morgan fingerprint density at radius 2 is 1.94 bits per heavy atom. The summed E-state index contributed by atoms with van der Waals surface area (Å²) in [5, 5.41) is 2.90. The van der Waals surface area contributed by atoms with Gasteiger partial charge in [-0.3, -0.25) is 4.79 Å². The van der Waals surface area contributed by atoms with Gasteiger partial charge in [0, 0.05) is 19.6 Å². The molecule has 1 N–H and O–H groups in total. The second kappa shape index (κ2) is 9.90. The van der Waals surface area contributed by atoms with Gasteiger partial charge in [-0.15, -0.1) is 0 Å². The van der Waals surface area contributed by atoms with Gasteiger partial charge in [0.05, 0.1) is 44.3 Å². The number of methoxy groups -OCH3 is 1. The Balaban J connectivity index is 1.49. The monoisotopic (exact) mass is 472 g/mol. The summed E-state index contributed by atoms with van der Waals surface area (Å²) in [6.07, 6.45) is 0.0436. The first-order valence-corrected chi connectivity index (χ1v) is 12.3. The van der Waals surface area contributed by atoms with E-state index in [4.69, 9.17) is 9.47 Å². The lowest BCUT2D eigenvalue weighted by atomic mass is 10.1. The number of ether oxygens (including phenoxy) is 2. The van der Waals surface area contributed by atoms with Gasteiger partial charge in [0.2, 0.25) is 15.9 Å². The van der Waals surface area contributed by atoms with Crippen molar-refractivity contribution in [3.05, 3.63) is 53.9 Å². The standard InChI is InChI=1S/C23H28N4O5S/c1-3-27-19-7-5-4-6-18(19)25-22(27)16-24-23(28)15-17-8-9-20(31-2)21(14-17)33(29,30)26-10-12-32-13-11-26/h4-9,14H,3,10-13,15-16H2,1-2H3,(H,24,28). The topological polar surface area (TPSA) is 103 Å². The van der Waals surface area contributed by atoms with Crippen molar-refractivity contribution >= 4 is 27.0 Å². The number of nitrogens with zero attached hydrogens (tertiary/aromatic N) is 3. The molecule has 0 radical (unpaired) electrons. The summed E-state index contributed by atoms with van der Waals surface area (Å²) in [7, 11) is -2.33. The van der Waals surface area contributed by atoms with Crippen molar-refractivity contribution < 1.29 is 22.7 Å². The zero-order valence-corrected chi connectivity index (χ0v) is 19.6. The van der Waals surface area contributed by atoms with Crippen LogP contribution >= 0.6 is 0 Å². The number of nitrogens with one attached hydrogen (secondary N) is 1. The maximum atomic E-state index is 13.2. The van der Waals surface area contributed by atoms with Crippen molar-refractivity contribution in [1.29, 1.82) is 0 Å². The average molecular weight is 473 g/mol. The van der Waals surface area contributed by atoms with Crippen molar-refractivity contribution in [3.63, 3.8) is 0 Å². The molecule has 1 aliphatic heterocycles. The Morgan fingerprint density at radius 3 is 2.67 bits per heavy atom. The summed E-state index contributed by atoms with van der Waals surface area (Å²) < 4.78 is 40.3. The molecule has 2 heterocycles. The molecule has 3 aromatic rings. The van der Waals surface area contributed by atoms with Crippen molar-refractivity contribution in [1.82, 2.24) is 19.2 Å². The molecule has 0 atom stereocenters. The van der Waals surface area contributed by atoms with E-state index in [0.717, 1.165) is 23.4 Å². The van der Waals surface area contributed by atoms with Crippen molar-refractivity contribution in [2.45, 2.75) is 31.3 Å². The van der Waals surface area contributed by atoms with E-state index in [9.17, 15) is 13.2 Å². The number of carbonyl (C=O) groups excluding carboxylic acids is 1. The molecule has 1 fully saturated rings. The zero-order valence-electron chi connectivity index (χ0n) is 18.8. The van der Waals surface area contributed by atoms with E-state index in [1.807, 2.05) is 31.2 Å². The molecule has 33 heavy (non-hydrogen) atoms. The zero-order chi connectivity index (χ0) is 23.4. The van der Waals surface area contributed by atoms with Crippen LogP contribution in [0, 0.1) is 0 Å². The molecule has 0 aliphatic carbocycles. The van der Waals surface area contributed by atoms with Crippen LogP contribution in [0.2, 0.25) is 0 Å². The fourth-order valence-corrected chi connectivity index (χ4v) is 5.61. The van der Waals surface area contributed by atoms with Gasteiger partial charge in [-0.25, -0.2) is 13.4 Å². The molecule has 176 valence electrons. The van der Waals surface area contributed by atoms with Crippen LogP contribution in [-0.2, 0) is 39.1 Å². The number of benzene rings is 2. The number of sulfonamides is 1. The third kappa shape index (κ3) is 4.87. The number of aryl methyl sites for hydroxylation is 1. The molecule has 10 heteroatoms. The number of aromatic nitrogens is 2. The smallest absolute Gasteiger partial charge is 0.246 e. The summed E-state index contributed by atoms with van der Waals surface area (Å²) in [5.41, 5.74) is 2.50. The fourth-order valence-electron chi connectivity index (χ4n) is 4.00. The van der Waals surface area contributed by atoms with Gasteiger partial charge in [0.25, 0.3) is 0 Å². The minimum atomic E-state index is -3.76. The summed E-state index contributed by atoms with van der Waals surface area (Å²) in [4.78, 5) is 17.3. The number of rotatable bonds is 8. The first-order valence-electron chi connectivity index (χ1n) is 10.9.